The minimum Gasteiger partial charge on any atom is -0.379 e. The molecule has 30 heavy (non-hydrogen) atoms. The normalized spacial score (nSPS) is 16.8. The largest absolute Gasteiger partial charge is 0.379 e. The first-order valence-electron chi connectivity index (χ1n) is 10.6. The van der Waals surface area contributed by atoms with Gasteiger partial charge in [0.15, 0.2) is 0 Å². The Morgan fingerprint density at radius 2 is 1.93 bits per heavy atom. The molecule has 1 aliphatic heterocycles. The molecule has 1 aromatic rings. The molecular weight excluding hydrogens is 422 g/mol. The van der Waals surface area contributed by atoms with Crippen LogP contribution in [-0.4, -0.2) is 73.7 Å². The minimum absolute atomic E-state index is 0.147. The highest BCUT2D eigenvalue weighted by atomic mass is 35.5. The van der Waals surface area contributed by atoms with Gasteiger partial charge in [-0.05, 0) is 42.9 Å². The zero-order valence-electron chi connectivity index (χ0n) is 18.2. The Hall–Kier alpha value is -1.28. The van der Waals surface area contributed by atoms with Crippen LogP contribution in [0.5, 0.6) is 0 Å². The van der Waals surface area contributed by atoms with Crippen molar-refractivity contribution in [3.05, 3.63) is 34.9 Å². The second kappa shape index (κ2) is 13.2. The molecule has 8 heteroatoms. The van der Waals surface area contributed by atoms with Crippen LogP contribution in [0, 0.1) is 5.92 Å². The molecule has 0 radical (unpaired) electrons. The number of ether oxygens (including phenoxy) is 1. The number of morpholine rings is 1. The van der Waals surface area contributed by atoms with Gasteiger partial charge >= 0.3 is 0 Å². The van der Waals surface area contributed by atoms with Crippen molar-refractivity contribution in [3.8, 4) is 0 Å². The summed E-state index contributed by atoms with van der Waals surface area (Å²) >= 11 is 7.79. The maximum absolute atomic E-state index is 13.0. The molecule has 1 aliphatic rings. The minimum atomic E-state index is -0.592. The molecule has 1 saturated heterocycles. The molecule has 1 heterocycles. The fourth-order valence-corrected chi connectivity index (χ4v) is 4.27. The van der Waals surface area contributed by atoms with E-state index in [1.165, 1.54) is 0 Å². The molecule has 2 N–H and O–H groups in total. The number of nitrogens with zero attached hydrogens (tertiary/aromatic N) is 1. The van der Waals surface area contributed by atoms with Crippen LogP contribution in [-0.2, 0) is 9.53 Å². The molecule has 0 aromatic heterocycles. The van der Waals surface area contributed by atoms with Crippen LogP contribution in [0.25, 0.3) is 0 Å². The molecule has 2 atom stereocenters. The summed E-state index contributed by atoms with van der Waals surface area (Å²) in [4.78, 5) is 28.0. The summed E-state index contributed by atoms with van der Waals surface area (Å²) in [5.41, 5.74) is 0.382. The summed E-state index contributed by atoms with van der Waals surface area (Å²) in [7, 11) is 0. The molecule has 0 aliphatic carbocycles. The lowest BCUT2D eigenvalue weighted by molar-refractivity contribution is -0.123. The van der Waals surface area contributed by atoms with E-state index >= 15 is 0 Å². The van der Waals surface area contributed by atoms with Crippen LogP contribution in [0.15, 0.2) is 24.3 Å². The number of rotatable bonds is 11. The number of carbonyl (C=O) groups excluding carboxylic acids is 2. The van der Waals surface area contributed by atoms with Gasteiger partial charge in [-0.3, -0.25) is 14.5 Å². The van der Waals surface area contributed by atoms with Crippen molar-refractivity contribution >= 4 is 35.2 Å². The summed E-state index contributed by atoms with van der Waals surface area (Å²) in [6.45, 7) is 8.17. The van der Waals surface area contributed by atoms with E-state index in [1.54, 1.807) is 36.0 Å². The Morgan fingerprint density at radius 1 is 1.23 bits per heavy atom. The maximum atomic E-state index is 13.0. The average molecular weight is 456 g/mol. The number of halogens is 1. The third-order valence-electron chi connectivity index (χ3n) is 5.17. The molecule has 2 unspecified atom stereocenters. The fraction of sp³-hybridized carbons (Fsp3) is 0.636. The van der Waals surface area contributed by atoms with Gasteiger partial charge < -0.3 is 15.4 Å². The molecule has 2 amide bonds. The van der Waals surface area contributed by atoms with Crippen LogP contribution < -0.4 is 10.6 Å². The summed E-state index contributed by atoms with van der Waals surface area (Å²) in [5.74, 6) is 0.835. The van der Waals surface area contributed by atoms with Gasteiger partial charge in [0, 0.05) is 25.7 Å². The number of hydrogen-bond donors (Lipinski definition) is 2. The third-order valence-corrected chi connectivity index (χ3v) is 6.14. The van der Waals surface area contributed by atoms with Gasteiger partial charge in [-0.1, -0.05) is 37.6 Å². The van der Waals surface area contributed by atoms with Crippen LogP contribution >= 0.6 is 23.4 Å². The van der Waals surface area contributed by atoms with Crippen LogP contribution in [0.3, 0.4) is 0 Å². The van der Waals surface area contributed by atoms with Crippen molar-refractivity contribution in [3.63, 3.8) is 0 Å². The molecule has 0 saturated carbocycles. The lowest BCUT2D eigenvalue weighted by Crippen LogP contribution is -2.53. The zero-order valence-corrected chi connectivity index (χ0v) is 19.7. The van der Waals surface area contributed by atoms with E-state index in [9.17, 15) is 9.59 Å². The molecule has 1 aromatic carbocycles. The zero-order chi connectivity index (χ0) is 21.9. The van der Waals surface area contributed by atoms with E-state index in [2.05, 4.69) is 29.4 Å². The summed E-state index contributed by atoms with van der Waals surface area (Å²) in [5, 5.41) is 6.34. The molecule has 1 fully saturated rings. The Labute approximate surface area is 189 Å². The second-order valence-corrected chi connectivity index (χ2v) is 9.36. The SMILES string of the molecule is CSCCC(NC(=O)c1ccccc1Cl)C(=O)NCC(CC(C)C)N1CCOCC1. The van der Waals surface area contributed by atoms with Crippen LogP contribution in [0.1, 0.15) is 37.0 Å². The molecule has 6 nitrogen and oxygen atoms in total. The van der Waals surface area contributed by atoms with E-state index in [-0.39, 0.29) is 17.9 Å². The van der Waals surface area contributed by atoms with Crippen LogP contribution in [0.2, 0.25) is 5.02 Å². The van der Waals surface area contributed by atoms with Gasteiger partial charge in [-0.2, -0.15) is 11.8 Å². The maximum Gasteiger partial charge on any atom is 0.253 e. The lowest BCUT2D eigenvalue weighted by atomic mass is 10.0. The van der Waals surface area contributed by atoms with Crippen molar-refractivity contribution in [1.29, 1.82) is 0 Å². The number of thioether (sulfide) groups is 1. The fourth-order valence-electron chi connectivity index (χ4n) is 3.58. The van der Waals surface area contributed by atoms with Crippen molar-refractivity contribution < 1.29 is 14.3 Å². The predicted molar refractivity (Wildman–Crippen MR) is 124 cm³/mol. The lowest BCUT2D eigenvalue weighted by Gasteiger charge is -2.35. The monoisotopic (exact) mass is 455 g/mol. The quantitative estimate of drug-likeness (QED) is 0.536. The van der Waals surface area contributed by atoms with Crippen molar-refractivity contribution in [2.45, 2.75) is 38.8 Å². The second-order valence-electron chi connectivity index (χ2n) is 7.96. The van der Waals surface area contributed by atoms with Gasteiger partial charge in [0.2, 0.25) is 5.91 Å². The first-order chi connectivity index (χ1) is 14.4. The molecule has 2 rings (SSSR count). The Bertz CT molecular complexity index is 683. The first-order valence-corrected chi connectivity index (χ1v) is 12.3. The molecular formula is C22H34ClN3O3S. The van der Waals surface area contributed by atoms with Gasteiger partial charge in [-0.15, -0.1) is 0 Å². The Morgan fingerprint density at radius 3 is 2.57 bits per heavy atom. The van der Waals surface area contributed by atoms with E-state index < -0.39 is 6.04 Å². The third kappa shape index (κ3) is 8.10. The van der Waals surface area contributed by atoms with Gasteiger partial charge in [-0.25, -0.2) is 0 Å². The molecule has 168 valence electrons. The Kier molecular flexibility index (Phi) is 11.0. The Balaban J connectivity index is 2.00. The summed E-state index contributed by atoms with van der Waals surface area (Å²) in [6.07, 6.45) is 3.55. The number of hydrogen-bond acceptors (Lipinski definition) is 5. The van der Waals surface area contributed by atoms with E-state index in [4.69, 9.17) is 16.3 Å². The number of benzene rings is 1. The number of amides is 2. The first kappa shape index (κ1) is 25.0. The van der Waals surface area contributed by atoms with E-state index in [0.717, 1.165) is 38.5 Å². The van der Waals surface area contributed by atoms with Gasteiger partial charge in [0.25, 0.3) is 5.91 Å². The van der Waals surface area contributed by atoms with Crippen molar-refractivity contribution in [2.24, 2.45) is 5.92 Å². The van der Waals surface area contributed by atoms with E-state index in [0.29, 0.717) is 29.5 Å². The van der Waals surface area contributed by atoms with Crippen molar-refractivity contribution in [1.82, 2.24) is 15.5 Å². The topological polar surface area (TPSA) is 70.7 Å². The summed E-state index contributed by atoms with van der Waals surface area (Å²) in [6, 6.07) is 6.54. The van der Waals surface area contributed by atoms with Crippen molar-refractivity contribution in [2.75, 3.05) is 44.9 Å². The predicted octanol–water partition coefficient (Wildman–Crippen LogP) is 3.05. The number of nitrogens with one attached hydrogen (secondary N) is 2. The van der Waals surface area contributed by atoms with Gasteiger partial charge in [0.05, 0.1) is 23.8 Å². The van der Waals surface area contributed by atoms with Gasteiger partial charge in [0.1, 0.15) is 6.04 Å². The summed E-state index contributed by atoms with van der Waals surface area (Å²) < 4.78 is 5.47. The highest BCUT2D eigenvalue weighted by Crippen LogP contribution is 2.16. The average Bonchev–Trinajstić information content (AvgIpc) is 2.74. The number of carbonyl (C=O) groups is 2. The highest BCUT2D eigenvalue weighted by Gasteiger charge is 2.26. The smallest absolute Gasteiger partial charge is 0.253 e. The molecule has 0 bridgehead atoms. The van der Waals surface area contributed by atoms with Crippen LogP contribution in [0.4, 0.5) is 0 Å². The molecule has 0 spiro atoms. The standard InChI is InChI=1S/C22H34ClN3O3S/c1-16(2)14-17(26-9-11-29-12-10-26)15-24-22(28)20(8-13-30-3)25-21(27)18-6-4-5-7-19(18)23/h4-7,16-17,20H,8-15H2,1-3H3,(H,24,28)(H,25,27). The highest BCUT2D eigenvalue weighted by molar-refractivity contribution is 7.98. The van der Waals surface area contributed by atoms with E-state index in [1.807, 2.05) is 6.26 Å².